The minimum absolute atomic E-state index is 0.000504. The molecule has 0 aliphatic heterocycles. The van der Waals surface area contributed by atoms with Crippen molar-refractivity contribution >= 4 is 46.4 Å². The third-order valence-electron chi connectivity index (χ3n) is 10.4. The summed E-state index contributed by atoms with van der Waals surface area (Å²) < 4.78 is 17.9. The van der Waals surface area contributed by atoms with Gasteiger partial charge in [-0.2, -0.15) is 0 Å². The molecule has 55 heavy (non-hydrogen) atoms. The van der Waals surface area contributed by atoms with Crippen molar-refractivity contribution < 1.29 is 42.7 Å². The fraction of sp³-hybridized carbons (Fsp3) is 0.575. The second-order valence-electron chi connectivity index (χ2n) is 17.3. The van der Waals surface area contributed by atoms with E-state index >= 15 is 0 Å². The van der Waals surface area contributed by atoms with Gasteiger partial charge in [0.25, 0.3) is 0 Å². The summed E-state index contributed by atoms with van der Waals surface area (Å²) in [7, 11) is -4.82. The largest absolute Gasteiger partial charge is 0.480 e. The SMILES string of the molecule is CC(C)[C@@H](NC(=O)OCc1ccccc1)C(=O)N[C@@H](CO[Si](C)(C)C(C)(C)C)C(=O)N[C@H](Cc1ccccc1)C(=O)N[C@@H](CO[Si](C)(C)C(C)(C)C)C(=O)O. The lowest BCUT2D eigenvalue weighted by Gasteiger charge is -2.37. The zero-order chi connectivity index (χ0) is 41.8. The normalized spacial score (nSPS) is 14.6. The Morgan fingerprint density at radius 2 is 1.04 bits per heavy atom. The molecule has 4 atom stereocenters. The first kappa shape index (κ1) is 47.1. The van der Waals surface area contributed by atoms with Crippen LogP contribution >= 0.6 is 0 Å². The van der Waals surface area contributed by atoms with E-state index in [0.29, 0.717) is 5.56 Å². The molecule has 0 spiro atoms. The minimum Gasteiger partial charge on any atom is -0.480 e. The Labute approximate surface area is 329 Å². The van der Waals surface area contributed by atoms with Crippen molar-refractivity contribution in [3.63, 3.8) is 0 Å². The van der Waals surface area contributed by atoms with Gasteiger partial charge in [-0.15, -0.1) is 0 Å². The Kier molecular flexibility index (Phi) is 17.3. The van der Waals surface area contributed by atoms with Gasteiger partial charge in [0.15, 0.2) is 16.6 Å². The average molecular weight is 801 g/mol. The molecule has 0 aliphatic rings. The van der Waals surface area contributed by atoms with Gasteiger partial charge in [0.1, 0.15) is 30.8 Å². The van der Waals surface area contributed by atoms with Gasteiger partial charge in [-0.3, -0.25) is 14.4 Å². The van der Waals surface area contributed by atoms with Crippen LogP contribution in [0.25, 0.3) is 0 Å². The van der Waals surface area contributed by atoms with E-state index in [1.807, 2.05) is 104 Å². The maximum absolute atomic E-state index is 14.2. The van der Waals surface area contributed by atoms with Crippen LogP contribution in [0.1, 0.15) is 66.5 Å². The molecule has 15 heteroatoms. The lowest BCUT2D eigenvalue weighted by Crippen LogP contribution is -2.61. The standard InChI is InChI=1S/C40H64N4O9Si2/c1-27(2)33(44-38(50)51-24-29-21-17-14-18-22-29)36(47)42-31(25-52-54(9,10)39(3,4)5)35(46)41-30(23-28-19-15-13-16-20-28)34(45)43-32(37(48)49)26-53-55(11,12)40(6,7)8/h13-22,27,30-33H,23-26H2,1-12H3,(H,41,46)(H,42,47)(H,43,45)(H,44,50)(H,48,49)/t30-,31+,32+,33-/m1/s1. The predicted octanol–water partition coefficient (Wildman–Crippen LogP) is 5.76. The van der Waals surface area contributed by atoms with E-state index < -0.39 is 76.5 Å². The number of hydrogen-bond acceptors (Lipinski definition) is 8. The molecule has 0 radical (unpaired) electrons. The van der Waals surface area contributed by atoms with E-state index in [0.717, 1.165) is 5.56 Å². The van der Waals surface area contributed by atoms with E-state index in [1.54, 1.807) is 38.1 Å². The molecule has 306 valence electrons. The minimum atomic E-state index is -2.45. The van der Waals surface area contributed by atoms with Gasteiger partial charge in [-0.25, -0.2) is 9.59 Å². The van der Waals surface area contributed by atoms with Gasteiger partial charge in [0, 0.05) is 6.42 Å². The van der Waals surface area contributed by atoms with E-state index in [2.05, 4.69) is 21.3 Å². The smallest absolute Gasteiger partial charge is 0.408 e. The number of benzene rings is 2. The number of nitrogens with one attached hydrogen (secondary N) is 4. The van der Waals surface area contributed by atoms with Gasteiger partial charge in [-0.05, 0) is 53.3 Å². The van der Waals surface area contributed by atoms with Crippen LogP contribution < -0.4 is 21.3 Å². The lowest BCUT2D eigenvalue weighted by molar-refractivity contribution is -0.143. The third-order valence-corrected chi connectivity index (χ3v) is 19.4. The fourth-order valence-corrected chi connectivity index (χ4v) is 6.70. The second kappa shape index (κ2) is 20.2. The van der Waals surface area contributed by atoms with Gasteiger partial charge in [0.05, 0.1) is 13.2 Å². The summed E-state index contributed by atoms with van der Waals surface area (Å²) in [5.41, 5.74) is 1.48. The summed E-state index contributed by atoms with van der Waals surface area (Å²) in [6, 6.07) is 13.1. The van der Waals surface area contributed by atoms with Crippen molar-refractivity contribution in [3.05, 3.63) is 71.8 Å². The topological polar surface area (TPSA) is 181 Å². The molecule has 5 N–H and O–H groups in total. The number of rotatable bonds is 19. The monoisotopic (exact) mass is 800 g/mol. The molecule has 0 aromatic heterocycles. The molecule has 0 saturated heterocycles. The molecule has 0 unspecified atom stereocenters. The number of carboxylic acid groups (broad SMARTS) is 1. The molecular weight excluding hydrogens is 737 g/mol. The number of alkyl carbamates (subject to hydrolysis) is 1. The maximum Gasteiger partial charge on any atom is 0.408 e. The van der Waals surface area contributed by atoms with E-state index in [1.165, 1.54) is 0 Å². The Morgan fingerprint density at radius 1 is 0.618 bits per heavy atom. The van der Waals surface area contributed by atoms with Crippen molar-refractivity contribution in [2.24, 2.45) is 5.92 Å². The van der Waals surface area contributed by atoms with Crippen LogP contribution in [0.4, 0.5) is 4.79 Å². The molecule has 0 fully saturated rings. The summed E-state index contributed by atoms with van der Waals surface area (Å²) in [6.07, 6.45) is -0.776. The highest BCUT2D eigenvalue weighted by atomic mass is 28.4. The van der Waals surface area contributed by atoms with Gasteiger partial charge in [0.2, 0.25) is 17.7 Å². The lowest BCUT2D eigenvalue weighted by atomic mass is 10.0. The van der Waals surface area contributed by atoms with Crippen LogP contribution in [0.5, 0.6) is 0 Å². The van der Waals surface area contributed by atoms with Crippen molar-refractivity contribution in [1.82, 2.24) is 21.3 Å². The highest BCUT2D eigenvalue weighted by Crippen LogP contribution is 2.37. The van der Waals surface area contributed by atoms with Crippen LogP contribution in [0.15, 0.2) is 60.7 Å². The van der Waals surface area contributed by atoms with Crippen LogP contribution in [0.3, 0.4) is 0 Å². The first-order valence-corrected chi connectivity index (χ1v) is 24.6. The summed E-state index contributed by atoms with van der Waals surface area (Å²) in [5.74, 6) is -3.78. The molecule has 2 rings (SSSR count). The highest BCUT2D eigenvalue weighted by Gasteiger charge is 2.41. The molecule has 13 nitrogen and oxygen atoms in total. The van der Waals surface area contributed by atoms with Crippen LogP contribution in [-0.2, 0) is 45.8 Å². The molecule has 4 amide bonds. The Balaban J connectivity index is 2.38. The number of carboxylic acids is 1. The Morgan fingerprint density at radius 3 is 1.49 bits per heavy atom. The molecule has 0 bridgehead atoms. The maximum atomic E-state index is 14.2. The molecule has 2 aromatic carbocycles. The summed E-state index contributed by atoms with van der Waals surface area (Å²) >= 11 is 0. The van der Waals surface area contributed by atoms with E-state index in [-0.39, 0.29) is 36.3 Å². The number of amides is 4. The van der Waals surface area contributed by atoms with Gasteiger partial charge in [-0.1, -0.05) is 116 Å². The molecule has 0 heterocycles. The molecule has 0 aliphatic carbocycles. The van der Waals surface area contributed by atoms with E-state index in [4.69, 9.17) is 13.6 Å². The van der Waals surface area contributed by atoms with Crippen molar-refractivity contribution in [3.8, 4) is 0 Å². The fourth-order valence-electron chi connectivity index (χ4n) is 4.67. The predicted molar refractivity (Wildman–Crippen MR) is 218 cm³/mol. The summed E-state index contributed by atoms with van der Waals surface area (Å²) in [4.78, 5) is 67.0. The average Bonchev–Trinajstić information content (AvgIpc) is 3.08. The van der Waals surface area contributed by atoms with Crippen LogP contribution in [-0.4, -0.2) is 88.9 Å². The van der Waals surface area contributed by atoms with Crippen molar-refractivity contribution in [1.29, 1.82) is 0 Å². The number of carbonyl (C=O) groups is 5. The number of carbonyl (C=O) groups excluding carboxylic acids is 4. The number of ether oxygens (including phenoxy) is 1. The highest BCUT2D eigenvalue weighted by molar-refractivity contribution is 6.74. The molecule has 0 saturated carbocycles. The second-order valence-corrected chi connectivity index (χ2v) is 26.9. The number of hydrogen-bond donors (Lipinski definition) is 5. The quantitative estimate of drug-likeness (QED) is 0.110. The molecule has 2 aromatic rings. The number of aliphatic carboxylic acids is 1. The summed E-state index contributed by atoms with van der Waals surface area (Å²) in [6.45, 7) is 23.2. The Bertz CT molecular complexity index is 1580. The van der Waals surface area contributed by atoms with Crippen molar-refractivity contribution in [2.45, 2.75) is 129 Å². The van der Waals surface area contributed by atoms with Gasteiger partial charge >= 0.3 is 12.1 Å². The van der Waals surface area contributed by atoms with Gasteiger partial charge < -0.3 is 40.0 Å². The van der Waals surface area contributed by atoms with Crippen LogP contribution in [0.2, 0.25) is 36.3 Å². The zero-order valence-electron chi connectivity index (χ0n) is 34.7. The Hall–Kier alpha value is -4.06. The first-order chi connectivity index (χ1) is 25.3. The first-order valence-electron chi connectivity index (χ1n) is 18.8. The van der Waals surface area contributed by atoms with Crippen molar-refractivity contribution in [2.75, 3.05) is 13.2 Å². The third kappa shape index (κ3) is 15.2. The molecular formula is C40H64N4O9Si2. The summed E-state index contributed by atoms with van der Waals surface area (Å²) in [5, 5.41) is 20.4. The van der Waals surface area contributed by atoms with E-state index in [9.17, 15) is 29.1 Å². The van der Waals surface area contributed by atoms with Crippen LogP contribution in [0, 0.1) is 5.92 Å². The zero-order valence-corrected chi connectivity index (χ0v) is 36.7.